The molecule has 1 aliphatic rings. The van der Waals surface area contributed by atoms with E-state index < -0.39 is 179 Å². The molecule has 0 fully saturated rings. The van der Waals surface area contributed by atoms with E-state index in [2.05, 4.69) is 64.1 Å². The molecule has 2 bridgehead atoms. The topological polar surface area (TPSA) is 483 Å². The summed E-state index contributed by atoms with van der Waals surface area (Å²) >= 11 is 2.55. The van der Waals surface area contributed by atoms with Gasteiger partial charge in [-0.2, -0.15) is 23.5 Å². The summed E-state index contributed by atoms with van der Waals surface area (Å²) in [7, 11) is 3.99. The number of phenolic OH excluding ortho intramolecular Hbond substituents is 2. The molecule has 0 radical (unpaired) electrons. The van der Waals surface area contributed by atoms with Crippen molar-refractivity contribution < 1.29 is 81.7 Å². The number of unbranched alkanes of at least 4 members (excludes halogenated alkanes) is 9. The Morgan fingerprint density at radius 1 is 0.579 bits per heavy atom. The predicted octanol–water partition coefficient (Wildman–Crippen LogP) is 10.3. The van der Waals surface area contributed by atoms with Crippen LogP contribution in [0.2, 0.25) is 0 Å². The van der Waals surface area contributed by atoms with E-state index in [0.29, 0.717) is 76.6 Å². The lowest BCUT2D eigenvalue weighted by Gasteiger charge is -2.34. The number of hydrogen-bond donors (Lipinski definition) is 13. The van der Waals surface area contributed by atoms with Crippen LogP contribution in [0.25, 0.3) is 11.0 Å². The highest BCUT2D eigenvalue weighted by molar-refractivity contribution is 7.98. The lowest BCUT2D eigenvalue weighted by atomic mass is 9.80. The summed E-state index contributed by atoms with van der Waals surface area (Å²) in [5.41, 5.74) is 15.4. The van der Waals surface area contributed by atoms with Crippen LogP contribution in [0.1, 0.15) is 208 Å². The molecule has 0 unspecified atom stereocenters. The minimum absolute atomic E-state index is 0.0455. The largest absolute Gasteiger partial charge is 0.508 e. The third-order valence-electron chi connectivity index (χ3n) is 25.5. The number of thioether (sulfide) groups is 2. The number of benzene rings is 5. The van der Waals surface area contributed by atoms with Gasteiger partial charge in [0.2, 0.25) is 65.0 Å². The maximum absolute atomic E-state index is 15.8. The van der Waals surface area contributed by atoms with Crippen LogP contribution in [0.5, 0.6) is 11.5 Å². The van der Waals surface area contributed by atoms with Gasteiger partial charge < -0.3 is 83.6 Å². The van der Waals surface area contributed by atoms with Crippen LogP contribution in [-0.2, 0) is 111 Å². The smallest absolute Gasteiger partial charge is 0.245 e. The highest BCUT2D eigenvalue weighted by atomic mass is 32.2. The van der Waals surface area contributed by atoms with E-state index in [1.807, 2.05) is 31.2 Å². The third kappa shape index (κ3) is 35.0. The Balaban J connectivity index is 1.09. The summed E-state index contributed by atoms with van der Waals surface area (Å²) in [4.78, 5) is 229. The zero-order valence-electron chi connectivity index (χ0n) is 81.7. The quantitative estimate of drug-likeness (QED) is 0.0174. The van der Waals surface area contributed by atoms with Crippen molar-refractivity contribution in [1.82, 2.24) is 71.9 Å². The predicted molar refractivity (Wildman–Crippen MR) is 538 cm³/mol. The van der Waals surface area contributed by atoms with Crippen LogP contribution in [0.15, 0.2) is 164 Å². The van der Waals surface area contributed by atoms with Gasteiger partial charge in [-0.3, -0.25) is 67.1 Å². The number of carbonyl (C=O) groups is 14. The average molecular weight is 1960 g/mol. The number of phenols is 2. The van der Waals surface area contributed by atoms with Crippen LogP contribution in [0.4, 0.5) is 4.39 Å². The molecule has 9 rings (SSSR count). The maximum atomic E-state index is 15.8. The first-order valence-electron chi connectivity index (χ1n) is 48.4. The van der Waals surface area contributed by atoms with Crippen molar-refractivity contribution in [2.75, 3.05) is 45.7 Å². The van der Waals surface area contributed by atoms with E-state index in [0.717, 1.165) is 57.9 Å². The fourth-order valence-corrected chi connectivity index (χ4v) is 19.2. The fraction of sp³-hybridized carbons (Fsp3) is 0.486. The number of nitrogens with zero attached hydrogens (tertiary/aromatic N) is 5. The van der Waals surface area contributed by atoms with Crippen molar-refractivity contribution in [3.05, 3.63) is 215 Å². The number of halogens is 1. The van der Waals surface area contributed by atoms with E-state index in [4.69, 9.17) is 11.5 Å². The first-order valence-corrected chi connectivity index (χ1v) is 50.7. The second kappa shape index (κ2) is 56.0. The maximum Gasteiger partial charge on any atom is 0.245 e. The standard InChI is InChI=1S/C105H139FN16O16S2/c1-10-12-13-14-15-16-17-18-22-33-80(125)53-73(27-11-2)96(130)118-88-64-140-62-71-29-25-28-70(49-71)61-139-63-87(94(108)129)113-92(128)60-120(7)104(138)89(52-69-35-41-76(106)42-36-69)122(9)103(137)85(51-68-39-45-79(124)46-40-68)117-99(133)84(54-75-58-111-95-81(75)34-26-48-110-95)114-98(132)82(72-30-20-19-21-31-72)57-90(126)66(3)121(8)102(136)86(56-77-59-109-65-112-77)116-97(131)74(32-23-24-47-107)55-91(127)93(105(4,5)6)119-100(134)83(115-101(88)135)50-67-37-43-78(123)44-38-67/h19-21,25-26,28-31,34-46,48-49,58-59,65-66,73-74,82-89,93,123-124H,10-18,22-24,27,32-33,47,50-57,60-64,107H2,1-9H3,(H2,108,129)(H,109,112)(H,110,111)(H,113,128)(H,114,132)(H,115,135)(H,116,131)(H,117,133)(H,118,130)(H,119,134)/t66-,73+,74+,82-,83-,84-,85-,86-,87-,88-,89-,93+/m0/s1. The minimum atomic E-state index is -1.59. The molecule has 0 aliphatic carbocycles. The first-order chi connectivity index (χ1) is 67.0. The summed E-state index contributed by atoms with van der Waals surface area (Å²) < 4.78 is 14.7. The Morgan fingerprint density at radius 2 is 1.16 bits per heavy atom. The second-order valence-electron chi connectivity index (χ2n) is 37.6. The van der Waals surface area contributed by atoms with Crippen LogP contribution in [0, 0.1) is 23.1 Å². The van der Waals surface area contributed by atoms with Crippen LogP contribution in [0.3, 0.4) is 0 Å². The highest BCUT2D eigenvalue weighted by Gasteiger charge is 2.43. The Hall–Kier alpha value is -12.6. The second-order valence-corrected chi connectivity index (χ2v) is 39.7. The van der Waals surface area contributed by atoms with Gasteiger partial charge in [0.15, 0.2) is 11.6 Å². The number of fused-ring (bicyclic) bond motifs is 3. The van der Waals surface area contributed by atoms with Crippen molar-refractivity contribution in [2.45, 2.75) is 261 Å². The molecule has 12 atom stereocenters. The number of nitrogens with one attached hydrogen (secondary N) is 9. The van der Waals surface area contributed by atoms with Gasteiger partial charge in [0.05, 0.1) is 30.9 Å². The number of aromatic amines is 2. The number of H-pyrrole nitrogens is 2. The number of amides is 11. The highest BCUT2D eigenvalue weighted by Crippen LogP contribution is 2.31. The molecule has 0 saturated carbocycles. The third-order valence-corrected chi connectivity index (χ3v) is 27.7. The van der Waals surface area contributed by atoms with Crippen molar-refractivity contribution in [3.8, 4) is 11.5 Å². The number of nitrogens with two attached hydrogens (primary N) is 2. The molecule has 0 spiro atoms. The van der Waals surface area contributed by atoms with Gasteiger partial charge >= 0.3 is 0 Å². The first kappa shape index (κ1) is 111. The molecule has 5 aromatic carbocycles. The van der Waals surface area contributed by atoms with E-state index >= 15 is 47.9 Å². The molecule has 1 aliphatic heterocycles. The van der Waals surface area contributed by atoms with Crippen molar-refractivity contribution in [3.63, 3.8) is 0 Å². The van der Waals surface area contributed by atoms with Crippen LogP contribution >= 0.6 is 23.5 Å². The Morgan fingerprint density at radius 3 is 1.78 bits per heavy atom. The molecule has 0 saturated heterocycles. The van der Waals surface area contributed by atoms with E-state index in [1.54, 1.807) is 87.8 Å². The molecule has 15 N–H and O–H groups in total. The minimum Gasteiger partial charge on any atom is -0.508 e. The van der Waals surface area contributed by atoms with E-state index in [1.165, 1.54) is 144 Å². The SMILES string of the molecule is CCCCCCCCCCCC(=O)C[C@@H](CCC)C(=O)N[C@H]1CSCc2cccc(c2)CSC[C@@H](C(N)=O)NC(=O)CN(C)C(=O)[C@H](Cc2ccc(F)cc2)N(C)C(=O)[C@H](Cc2ccc(O)cc2)NC(=O)[C@H](Cc2c[nH]c3ncccc23)NC(=O)[C@H](c2ccccc2)CC(=O)[C@H](C)N(C)C(=O)[C@H](Cc2cnc[nH]2)NC(=O)[C@H](CCCCN)CC(=O)[C@H](C(C)(C)C)NC(=O)[C@H](Cc2ccc(O)cc2)NC1=O. The lowest BCUT2D eigenvalue weighted by Crippen LogP contribution is -2.59. The number of hydrogen-bond acceptors (Lipinski definition) is 21. The number of aromatic hydroxyl groups is 2. The Bertz CT molecular complexity index is 5440. The summed E-state index contributed by atoms with van der Waals surface area (Å²) in [5, 5.41) is 41.7. The summed E-state index contributed by atoms with van der Waals surface area (Å²) in [6.45, 7) is 10.2. The summed E-state index contributed by atoms with van der Waals surface area (Å²) in [6.07, 6.45) is 15.1. The molecule has 3 aromatic heterocycles. The Labute approximate surface area is 827 Å². The van der Waals surface area contributed by atoms with Crippen molar-refractivity contribution in [2.24, 2.45) is 28.7 Å². The zero-order valence-corrected chi connectivity index (χ0v) is 83.4. The molecule has 754 valence electrons. The van der Waals surface area contributed by atoms with Gasteiger partial charge in [-0.25, -0.2) is 14.4 Å². The number of primary amides is 1. The van der Waals surface area contributed by atoms with Gasteiger partial charge in [0, 0.05) is 143 Å². The van der Waals surface area contributed by atoms with Gasteiger partial charge in [0.1, 0.15) is 71.0 Å². The summed E-state index contributed by atoms with van der Waals surface area (Å²) in [6, 6.07) is 23.1. The van der Waals surface area contributed by atoms with Gasteiger partial charge in [0.25, 0.3) is 0 Å². The normalized spacial score (nSPS) is 21.3. The Kier molecular flexibility index (Phi) is 44.4. The lowest BCUT2D eigenvalue weighted by molar-refractivity contribution is -0.146. The molecule has 4 heterocycles. The number of aromatic nitrogens is 4. The molecule has 11 amide bonds. The number of rotatable bonds is 32. The number of likely N-dealkylation sites (N-methyl/N-ethyl adjacent to an activating group) is 3. The van der Waals surface area contributed by atoms with E-state index in [9.17, 15) is 33.8 Å². The summed E-state index contributed by atoms with van der Waals surface area (Å²) in [5.74, 6) is -13.9. The molecular formula is C105H139FN16O16S2. The van der Waals surface area contributed by atoms with Crippen molar-refractivity contribution in [1.29, 1.82) is 0 Å². The number of carbonyl (C=O) groups excluding carboxylic acids is 14. The number of Topliss-reactive ketones (excluding diaryl/α,β-unsaturated/α-hetero) is 3. The molecule has 8 aromatic rings. The number of ketones is 3. The monoisotopic (exact) mass is 1960 g/mol. The molecule has 35 heteroatoms. The fourth-order valence-electron chi connectivity index (χ4n) is 17.2. The average Bonchev–Trinajstić information content (AvgIpc) is 1.56. The molecule has 140 heavy (non-hydrogen) atoms. The van der Waals surface area contributed by atoms with Gasteiger partial charge in [-0.1, -0.05) is 190 Å². The van der Waals surface area contributed by atoms with Gasteiger partial charge in [-0.15, -0.1) is 0 Å². The van der Waals surface area contributed by atoms with Gasteiger partial charge in [-0.05, 0) is 132 Å². The van der Waals surface area contributed by atoms with Crippen LogP contribution < -0.4 is 48.7 Å². The molecule has 32 nitrogen and oxygen atoms in total. The number of imidazole rings is 1. The number of pyridine rings is 1. The zero-order chi connectivity index (χ0) is 102. The van der Waals surface area contributed by atoms with E-state index in [-0.39, 0.29) is 98.2 Å². The van der Waals surface area contributed by atoms with Crippen molar-refractivity contribution >= 4 is 117 Å². The molecular weight excluding hydrogens is 1820 g/mol. The van der Waals surface area contributed by atoms with Crippen LogP contribution in [-0.4, -0.2) is 227 Å².